The van der Waals surface area contributed by atoms with Crippen LogP contribution in [0.15, 0.2) is 48.5 Å². The molecule has 2 saturated heterocycles. The normalized spacial score (nSPS) is 18.7. The molecule has 6 nitrogen and oxygen atoms in total. The van der Waals surface area contributed by atoms with Gasteiger partial charge in [-0.3, -0.25) is 4.79 Å². The Balaban J connectivity index is 1.55. The van der Waals surface area contributed by atoms with E-state index in [0.29, 0.717) is 39.1 Å². The first-order valence-electron chi connectivity index (χ1n) is 10.6. The molecule has 2 heterocycles. The van der Waals surface area contributed by atoms with Crippen LogP contribution in [0.4, 0.5) is 5.69 Å². The maximum Gasteiger partial charge on any atom is 0.233 e. The highest BCUT2D eigenvalue weighted by Gasteiger charge is 2.46. The molecule has 0 aliphatic carbocycles. The van der Waals surface area contributed by atoms with Crippen molar-refractivity contribution in [3.8, 4) is 11.5 Å². The van der Waals surface area contributed by atoms with Crippen LogP contribution in [0.2, 0.25) is 0 Å². The van der Waals surface area contributed by atoms with E-state index in [9.17, 15) is 4.79 Å². The first-order chi connectivity index (χ1) is 14.7. The van der Waals surface area contributed by atoms with Crippen LogP contribution < -0.4 is 14.4 Å². The molecule has 30 heavy (non-hydrogen) atoms. The van der Waals surface area contributed by atoms with Gasteiger partial charge in [-0.05, 0) is 31.0 Å². The van der Waals surface area contributed by atoms with Crippen LogP contribution in [0.25, 0.3) is 0 Å². The summed E-state index contributed by atoms with van der Waals surface area (Å²) in [7, 11) is 3.36. The third-order valence-corrected chi connectivity index (χ3v) is 6.37. The number of rotatable bonds is 5. The highest BCUT2D eigenvalue weighted by molar-refractivity contribution is 5.89. The number of anilines is 1. The number of piperazine rings is 1. The van der Waals surface area contributed by atoms with E-state index in [4.69, 9.17) is 14.2 Å². The van der Waals surface area contributed by atoms with Gasteiger partial charge in [0, 0.05) is 45.0 Å². The standard InChI is InChI=1S/C24H30N2O4/c1-28-21-9-5-3-7-19(21)24(11-17-30-18-12-24)23(27)26-15-13-25(14-16-26)20-8-4-6-10-22(20)29-2/h3-10H,11-18H2,1-2H3. The van der Waals surface area contributed by atoms with E-state index < -0.39 is 5.41 Å². The largest absolute Gasteiger partial charge is 0.496 e. The molecular weight excluding hydrogens is 380 g/mol. The van der Waals surface area contributed by atoms with Crippen LogP contribution in [-0.4, -0.2) is 64.4 Å². The highest BCUT2D eigenvalue weighted by atomic mass is 16.5. The Kier molecular flexibility index (Phi) is 6.13. The quantitative estimate of drug-likeness (QED) is 0.758. The molecule has 0 aromatic heterocycles. The minimum absolute atomic E-state index is 0.190. The predicted octanol–water partition coefficient (Wildman–Crippen LogP) is 3.10. The number of hydrogen-bond acceptors (Lipinski definition) is 5. The molecule has 0 spiro atoms. The zero-order chi connectivity index (χ0) is 21.0. The minimum Gasteiger partial charge on any atom is -0.496 e. The second kappa shape index (κ2) is 8.96. The lowest BCUT2D eigenvalue weighted by atomic mass is 9.72. The number of carbonyl (C=O) groups is 1. The molecule has 0 saturated carbocycles. The average Bonchev–Trinajstić information content (AvgIpc) is 2.84. The summed E-state index contributed by atoms with van der Waals surface area (Å²) in [4.78, 5) is 18.2. The first kappa shape index (κ1) is 20.5. The minimum atomic E-state index is -0.586. The Bertz CT molecular complexity index is 871. The van der Waals surface area contributed by atoms with E-state index in [0.717, 1.165) is 35.8 Å². The monoisotopic (exact) mass is 410 g/mol. The van der Waals surface area contributed by atoms with Gasteiger partial charge in [0.1, 0.15) is 11.5 Å². The molecule has 4 rings (SSSR count). The zero-order valence-corrected chi connectivity index (χ0v) is 17.8. The van der Waals surface area contributed by atoms with Crippen molar-refractivity contribution in [3.05, 3.63) is 54.1 Å². The fourth-order valence-corrected chi connectivity index (χ4v) is 4.70. The van der Waals surface area contributed by atoms with E-state index in [-0.39, 0.29) is 5.91 Å². The van der Waals surface area contributed by atoms with Gasteiger partial charge in [0.15, 0.2) is 0 Å². The Labute approximate surface area is 178 Å². The number of methoxy groups -OCH3 is 2. The Morgan fingerprint density at radius 3 is 2.13 bits per heavy atom. The lowest BCUT2D eigenvalue weighted by molar-refractivity contribution is -0.141. The highest BCUT2D eigenvalue weighted by Crippen LogP contribution is 2.41. The van der Waals surface area contributed by atoms with Gasteiger partial charge in [0.25, 0.3) is 0 Å². The molecular formula is C24H30N2O4. The van der Waals surface area contributed by atoms with E-state index in [1.165, 1.54) is 0 Å². The number of ether oxygens (including phenoxy) is 3. The van der Waals surface area contributed by atoms with Gasteiger partial charge in [-0.25, -0.2) is 0 Å². The third-order valence-electron chi connectivity index (χ3n) is 6.37. The molecule has 0 unspecified atom stereocenters. The number of nitrogens with zero attached hydrogens (tertiary/aromatic N) is 2. The molecule has 0 N–H and O–H groups in total. The molecule has 2 aliphatic rings. The molecule has 0 bridgehead atoms. The summed E-state index contributed by atoms with van der Waals surface area (Å²) in [6.07, 6.45) is 1.36. The number of amides is 1. The van der Waals surface area contributed by atoms with Gasteiger partial charge >= 0.3 is 0 Å². The van der Waals surface area contributed by atoms with E-state index in [1.54, 1.807) is 14.2 Å². The Hall–Kier alpha value is -2.73. The second-order valence-electron chi connectivity index (χ2n) is 7.85. The molecule has 2 aromatic carbocycles. The van der Waals surface area contributed by atoms with Crippen molar-refractivity contribution in [2.45, 2.75) is 18.3 Å². The van der Waals surface area contributed by atoms with Gasteiger partial charge in [-0.1, -0.05) is 30.3 Å². The predicted molar refractivity (Wildman–Crippen MR) is 117 cm³/mol. The second-order valence-corrected chi connectivity index (χ2v) is 7.85. The SMILES string of the molecule is COc1ccccc1N1CCN(C(=O)C2(c3ccccc3OC)CCOCC2)CC1. The fraction of sp³-hybridized carbons (Fsp3) is 0.458. The summed E-state index contributed by atoms with van der Waals surface area (Å²) in [6, 6.07) is 16.0. The number of benzene rings is 2. The van der Waals surface area contributed by atoms with E-state index in [1.807, 2.05) is 47.4 Å². The molecule has 0 radical (unpaired) electrons. The number of para-hydroxylation sites is 3. The van der Waals surface area contributed by atoms with Gasteiger partial charge in [0.05, 0.1) is 25.3 Å². The van der Waals surface area contributed by atoms with E-state index >= 15 is 0 Å². The topological polar surface area (TPSA) is 51.2 Å². The van der Waals surface area contributed by atoms with Crippen LogP contribution in [0.3, 0.4) is 0 Å². The van der Waals surface area contributed by atoms with Crippen molar-refractivity contribution in [3.63, 3.8) is 0 Å². The molecule has 0 atom stereocenters. The maximum atomic E-state index is 13.9. The van der Waals surface area contributed by atoms with Crippen molar-refractivity contribution in [2.75, 3.05) is 58.5 Å². The Morgan fingerprint density at radius 1 is 0.867 bits per heavy atom. The van der Waals surface area contributed by atoms with Crippen molar-refractivity contribution in [1.82, 2.24) is 4.90 Å². The van der Waals surface area contributed by atoms with Gasteiger partial charge < -0.3 is 24.0 Å². The average molecular weight is 411 g/mol. The Morgan fingerprint density at radius 2 is 1.47 bits per heavy atom. The first-order valence-corrected chi connectivity index (χ1v) is 10.6. The van der Waals surface area contributed by atoms with E-state index in [2.05, 4.69) is 11.0 Å². The summed E-state index contributed by atoms with van der Waals surface area (Å²) in [6.45, 7) is 4.12. The van der Waals surface area contributed by atoms with Gasteiger partial charge in [0.2, 0.25) is 5.91 Å². The van der Waals surface area contributed by atoms with Gasteiger partial charge in [-0.15, -0.1) is 0 Å². The molecule has 6 heteroatoms. The molecule has 2 aliphatic heterocycles. The van der Waals surface area contributed by atoms with Crippen LogP contribution in [0, 0.1) is 0 Å². The van der Waals surface area contributed by atoms with Crippen LogP contribution in [-0.2, 0) is 14.9 Å². The summed E-state index contributed by atoms with van der Waals surface area (Å²) in [5.41, 5.74) is 1.47. The summed E-state index contributed by atoms with van der Waals surface area (Å²) >= 11 is 0. The van der Waals surface area contributed by atoms with Crippen molar-refractivity contribution in [1.29, 1.82) is 0 Å². The zero-order valence-electron chi connectivity index (χ0n) is 17.8. The van der Waals surface area contributed by atoms with Crippen LogP contribution in [0.5, 0.6) is 11.5 Å². The lowest BCUT2D eigenvalue weighted by Gasteiger charge is -2.44. The van der Waals surface area contributed by atoms with Crippen molar-refractivity contribution >= 4 is 11.6 Å². The molecule has 2 fully saturated rings. The molecule has 2 aromatic rings. The third kappa shape index (κ3) is 3.72. The number of hydrogen-bond donors (Lipinski definition) is 0. The van der Waals surface area contributed by atoms with Crippen LogP contribution >= 0.6 is 0 Å². The fourth-order valence-electron chi connectivity index (χ4n) is 4.70. The summed E-state index contributed by atoms with van der Waals surface area (Å²) in [5.74, 6) is 1.84. The molecule has 160 valence electrons. The smallest absolute Gasteiger partial charge is 0.233 e. The molecule has 1 amide bonds. The van der Waals surface area contributed by atoms with Crippen LogP contribution in [0.1, 0.15) is 18.4 Å². The summed E-state index contributed by atoms with van der Waals surface area (Å²) in [5, 5.41) is 0. The maximum absolute atomic E-state index is 13.9. The lowest BCUT2D eigenvalue weighted by Crippen LogP contribution is -2.56. The summed E-state index contributed by atoms with van der Waals surface area (Å²) < 4.78 is 16.8. The van der Waals surface area contributed by atoms with Crippen molar-refractivity contribution < 1.29 is 19.0 Å². The van der Waals surface area contributed by atoms with Crippen molar-refractivity contribution in [2.24, 2.45) is 0 Å². The van der Waals surface area contributed by atoms with Gasteiger partial charge in [-0.2, -0.15) is 0 Å². The number of carbonyl (C=O) groups excluding carboxylic acids is 1.